The van der Waals surface area contributed by atoms with Gasteiger partial charge in [-0.05, 0) is 32.6 Å². The Morgan fingerprint density at radius 2 is 2.30 bits per heavy atom. The molecule has 0 aromatic heterocycles. The SMILES string of the molecule is CCN(C=O)C(C)C1CC1. The molecule has 0 aliphatic heterocycles. The fraction of sp³-hybridized carbons (Fsp3) is 0.875. The lowest BCUT2D eigenvalue weighted by Gasteiger charge is -2.22. The fourth-order valence-electron chi connectivity index (χ4n) is 1.31. The van der Waals surface area contributed by atoms with E-state index in [-0.39, 0.29) is 0 Å². The van der Waals surface area contributed by atoms with E-state index in [1.807, 2.05) is 11.8 Å². The average Bonchev–Trinajstić information content (AvgIpc) is 2.71. The maximum Gasteiger partial charge on any atom is 0.209 e. The summed E-state index contributed by atoms with van der Waals surface area (Å²) >= 11 is 0. The van der Waals surface area contributed by atoms with Gasteiger partial charge in [-0.15, -0.1) is 0 Å². The first-order valence-corrected chi connectivity index (χ1v) is 4.00. The molecule has 2 nitrogen and oxygen atoms in total. The van der Waals surface area contributed by atoms with Crippen molar-refractivity contribution in [3.63, 3.8) is 0 Å². The van der Waals surface area contributed by atoms with E-state index in [1.165, 1.54) is 12.8 Å². The molecule has 1 aliphatic carbocycles. The first-order valence-electron chi connectivity index (χ1n) is 4.00. The summed E-state index contributed by atoms with van der Waals surface area (Å²) in [5.74, 6) is 0.796. The summed E-state index contributed by atoms with van der Waals surface area (Å²) in [6.45, 7) is 5.00. The summed E-state index contributed by atoms with van der Waals surface area (Å²) in [6.07, 6.45) is 3.58. The molecule has 1 atom stereocenters. The average molecular weight is 141 g/mol. The molecular weight excluding hydrogens is 126 g/mol. The van der Waals surface area contributed by atoms with E-state index in [0.29, 0.717) is 6.04 Å². The summed E-state index contributed by atoms with van der Waals surface area (Å²) < 4.78 is 0. The fourth-order valence-corrected chi connectivity index (χ4v) is 1.31. The maximum atomic E-state index is 10.4. The van der Waals surface area contributed by atoms with Crippen LogP contribution in [0.4, 0.5) is 0 Å². The number of rotatable bonds is 4. The van der Waals surface area contributed by atoms with E-state index in [9.17, 15) is 4.79 Å². The molecular formula is C8H15NO. The van der Waals surface area contributed by atoms with Crippen molar-refractivity contribution in [2.45, 2.75) is 32.7 Å². The molecule has 1 fully saturated rings. The van der Waals surface area contributed by atoms with Crippen molar-refractivity contribution < 1.29 is 4.79 Å². The lowest BCUT2D eigenvalue weighted by atomic mass is 10.2. The first kappa shape index (κ1) is 7.58. The minimum Gasteiger partial charge on any atom is -0.343 e. The second kappa shape index (κ2) is 3.04. The van der Waals surface area contributed by atoms with Crippen LogP contribution in [0.15, 0.2) is 0 Å². The van der Waals surface area contributed by atoms with Gasteiger partial charge in [0.15, 0.2) is 0 Å². The highest BCUT2D eigenvalue weighted by molar-refractivity contribution is 5.47. The first-order chi connectivity index (χ1) is 4.79. The Hall–Kier alpha value is -0.530. The highest BCUT2D eigenvalue weighted by Gasteiger charge is 2.30. The molecule has 0 spiro atoms. The third-order valence-corrected chi connectivity index (χ3v) is 2.33. The van der Waals surface area contributed by atoms with Crippen molar-refractivity contribution in [2.75, 3.05) is 6.54 Å². The predicted molar refractivity (Wildman–Crippen MR) is 40.6 cm³/mol. The molecule has 0 heterocycles. The molecule has 0 radical (unpaired) electrons. The van der Waals surface area contributed by atoms with Gasteiger partial charge in [-0.1, -0.05) is 0 Å². The molecule has 1 aliphatic rings. The Morgan fingerprint density at radius 3 is 2.60 bits per heavy atom. The number of hydrogen-bond acceptors (Lipinski definition) is 1. The van der Waals surface area contributed by atoms with Crippen molar-refractivity contribution in [1.29, 1.82) is 0 Å². The zero-order valence-corrected chi connectivity index (χ0v) is 6.71. The van der Waals surface area contributed by atoms with E-state index in [2.05, 4.69) is 6.92 Å². The van der Waals surface area contributed by atoms with Crippen molar-refractivity contribution in [3.8, 4) is 0 Å². The standard InChI is InChI=1S/C8H15NO/c1-3-9(6-10)7(2)8-4-5-8/h6-8H,3-5H2,1-2H3. The summed E-state index contributed by atoms with van der Waals surface area (Å²) in [4.78, 5) is 12.3. The normalized spacial score (nSPS) is 20.2. The molecule has 10 heavy (non-hydrogen) atoms. The van der Waals surface area contributed by atoms with Crippen LogP contribution >= 0.6 is 0 Å². The molecule has 1 saturated carbocycles. The minimum atomic E-state index is 0.475. The van der Waals surface area contributed by atoms with Gasteiger partial charge in [0.05, 0.1) is 0 Å². The van der Waals surface area contributed by atoms with E-state index < -0.39 is 0 Å². The second-order valence-electron chi connectivity index (χ2n) is 3.01. The third-order valence-electron chi connectivity index (χ3n) is 2.33. The summed E-state index contributed by atoms with van der Waals surface area (Å²) in [6, 6.07) is 0.475. The van der Waals surface area contributed by atoms with Gasteiger partial charge >= 0.3 is 0 Å². The maximum absolute atomic E-state index is 10.4. The van der Waals surface area contributed by atoms with Gasteiger partial charge in [-0.2, -0.15) is 0 Å². The van der Waals surface area contributed by atoms with Gasteiger partial charge in [0, 0.05) is 12.6 Å². The van der Waals surface area contributed by atoms with Crippen LogP contribution in [0.1, 0.15) is 26.7 Å². The van der Waals surface area contributed by atoms with Crippen LogP contribution in [0.5, 0.6) is 0 Å². The van der Waals surface area contributed by atoms with Crippen molar-refractivity contribution in [2.24, 2.45) is 5.92 Å². The molecule has 0 aromatic carbocycles. The highest BCUT2D eigenvalue weighted by atomic mass is 16.1. The van der Waals surface area contributed by atoms with Crippen LogP contribution in [0.2, 0.25) is 0 Å². The Morgan fingerprint density at radius 1 is 1.70 bits per heavy atom. The van der Waals surface area contributed by atoms with Crippen LogP contribution in [0.3, 0.4) is 0 Å². The van der Waals surface area contributed by atoms with Crippen LogP contribution < -0.4 is 0 Å². The Kier molecular flexibility index (Phi) is 2.30. The van der Waals surface area contributed by atoms with Crippen LogP contribution in [-0.4, -0.2) is 23.9 Å². The van der Waals surface area contributed by atoms with Crippen LogP contribution in [-0.2, 0) is 4.79 Å². The molecule has 0 aromatic rings. The molecule has 1 amide bonds. The number of carbonyl (C=O) groups is 1. The van der Waals surface area contributed by atoms with Crippen molar-refractivity contribution in [3.05, 3.63) is 0 Å². The molecule has 0 bridgehead atoms. The van der Waals surface area contributed by atoms with Crippen LogP contribution in [0, 0.1) is 5.92 Å². The Balaban J connectivity index is 2.34. The van der Waals surface area contributed by atoms with Gasteiger partial charge in [0.1, 0.15) is 0 Å². The largest absolute Gasteiger partial charge is 0.343 e. The van der Waals surface area contributed by atoms with E-state index >= 15 is 0 Å². The summed E-state index contributed by atoms with van der Waals surface area (Å²) in [5.41, 5.74) is 0. The number of hydrogen-bond donors (Lipinski definition) is 0. The van der Waals surface area contributed by atoms with Crippen molar-refractivity contribution in [1.82, 2.24) is 4.90 Å². The van der Waals surface area contributed by atoms with Gasteiger partial charge < -0.3 is 4.90 Å². The van der Waals surface area contributed by atoms with Gasteiger partial charge in [-0.3, -0.25) is 4.79 Å². The molecule has 1 unspecified atom stereocenters. The molecule has 58 valence electrons. The molecule has 1 rings (SSSR count). The van der Waals surface area contributed by atoms with E-state index in [0.717, 1.165) is 18.9 Å². The van der Waals surface area contributed by atoms with Gasteiger partial charge in [0.2, 0.25) is 6.41 Å². The summed E-state index contributed by atoms with van der Waals surface area (Å²) in [5, 5.41) is 0. The minimum absolute atomic E-state index is 0.475. The lowest BCUT2D eigenvalue weighted by Crippen LogP contribution is -2.32. The number of nitrogens with zero attached hydrogens (tertiary/aromatic N) is 1. The van der Waals surface area contributed by atoms with Gasteiger partial charge in [-0.25, -0.2) is 0 Å². The monoisotopic (exact) mass is 141 g/mol. The van der Waals surface area contributed by atoms with E-state index in [1.54, 1.807) is 0 Å². The molecule has 0 saturated heterocycles. The number of carbonyl (C=O) groups excluding carboxylic acids is 1. The van der Waals surface area contributed by atoms with E-state index in [4.69, 9.17) is 0 Å². The summed E-state index contributed by atoms with van der Waals surface area (Å²) in [7, 11) is 0. The van der Waals surface area contributed by atoms with Gasteiger partial charge in [0.25, 0.3) is 0 Å². The predicted octanol–water partition coefficient (Wildman–Crippen LogP) is 1.26. The smallest absolute Gasteiger partial charge is 0.209 e. The number of amides is 1. The zero-order chi connectivity index (χ0) is 7.56. The third kappa shape index (κ3) is 1.49. The highest BCUT2D eigenvalue weighted by Crippen LogP contribution is 2.34. The topological polar surface area (TPSA) is 20.3 Å². The van der Waals surface area contributed by atoms with Crippen LogP contribution in [0.25, 0.3) is 0 Å². The lowest BCUT2D eigenvalue weighted by molar-refractivity contribution is -0.120. The second-order valence-corrected chi connectivity index (χ2v) is 3.01. The zero-order valence-electron chi connectivity index (χ0n) is 6.71. The quantitative estimate of drug-likeness (QED) is 0.540. The van der Waals surface area contributed by atoms with Crippen molar-refractivity contribution >= 4 is 6.41 Å². The molecule has 0 N–H and O–H groups in total. The Bertz CT molecular complexity index is 120. The Labute approximate surface area is 62.2 Å². The molecule has 2 heteroatoms.